The van der Waals surface area contributed by atoms with E-state index in [1.54, 1.807) is 0 Å². The maximum absolute atomic E-state index is 6.18. The van der Waals surface area contributed by atoms with Gasteiger partial charge in [0.2, 0.25) is 0 Å². The molecule has 0 unspecified atom stereocenters. The van der Waals surface area contributed by atoms with Crippen molar-refractivity contribution in [2.75, 3.05) is 70.5 Å². The number of hydrogen-bond donors (Lipinski definition) is 2. The Labute approximate surface area is 186 Å². The molecule has 3 fully saturated rings. The molecule has 8 heteroatoms. The lowest BCUT2D eigenvalue weighted by Gasteiger charge is -2.47. The number of hydrogen-bond acceptors (Lipinski definition) is 5. The van der Waals surface area contributed by atoms with E-state index < -0.39 is 0 Å². The summed E-state index contributed by atoms with van der Waals surface area (Å²) < 4.78 is 5.39. The molecule has 0 bridgehead atoms. The molecule has 3 rings (SSSR count). The van der Waals surface area contributed by atoms with Crippen LogP contribution in [0.25, 0.3) is 0 Å². The largest absolute Gasteiger partial charge is 0.379 e. The first kappa shape index (κ1) is 23.5. The maximum Gasteiger partial charge on any atom is 0.188 e. The van der Waals surface area contributed by atoms with Gasteiger partial charge in [0.25, 0.3) is 0 Å². The summed E-state index contributed by atoms with van der Waals surface area (Å²) in [5.74, 6) is 3.16. The van der Waals surface area contributed by atoms with Gasteiger partial charge in [-0.15, -0.1) is 24.0 Å². The highest BCUT2D eigenvalue weighted by Crippen LogP contribution is 2.35. The zero-order chi connectivity index (χ0) is 18.1. The third-order valence-corrected chi connectivity index (χ3v) is 7.01. The summed E-state index contributed by atoms with van der Waals surface area (Å²) in [6, 6.07) is 0. The van der Waals surface area contributed by atoms with Gasteiger partial charge in [-0.3, -0.25) is 14.8 Å². The summed E-state index contributed by atoms with van der Waals surface area (Å²) in [6.07, 6.45) is 7.73. The molecule has 27 heavy (non-hydrogen) atoms. The summed E-state index contributed by atoms with van der Waals surface area (Å²) >= 11 is 2.08. The summed E-state index contributed by atoms with van der Waals surface area (Å²) in [5.41, 5.74) is 6.44. The summed E-state index contributed by atoms with van der Waals surface area (Å²) in [7, 11) is 0. The van der Waals surface area contributed by atoms with Crippen molar-refractivity contribution in [1.29, 1.82) is 0 Å². The second-order valence-corrected chi connectivity index (χ2v) is 9.04. The van der Waals surface area contributed by atoms with Crippen LogP contribution in [0, 0.1) is 0 Å². The number of halogens is 1. The fourth-order valence-electron chi connectivity index (χ4n) is 4.45. The zero-order valence-electron chi connectivity index (χ0n) is 16.7. The molecule has 0 aromatic rings. The van der Waals surface area contributed by atoms with Crippen LogP contribution in [-0.2, 0) is 4.74 Å². The highest BCUT2D eigenvalue weighted by atomic mass is 127. The average molecular weight is 512 g/mol. The van der Waals surface area contributed by atoms with Crippen molar-refractivity contribution in [3.05, 3.63) is 0 Å². The molecule has 1 aliphatic carbocycles. The fraction of sp³-hybridized carbons (Fsp3) is 0.947. The van der Waals surface area contributed by atoms with E-state index in [1.807, 2.05) is 0 Å². The zero-order valence-corrected chi connectivity index (χ0v) is 19.8. The normalized spacial score (nSPS) is 25.0. The number of ether oxygens (including phenoxy) is 1. The molecule has 0 amide bonds. The second kappa shape index (κ2) is 12.7. The third kappa shape index (κ3) is 7.53. The molecule has 0 aromatic carbocycles. The van der Waals surface area contributed by atoms with Crippen LogP contribution in [0.2, 0.25) is 0 Å². The lowest BCUT2D eigenvalue weighted by Crippen LogP contribution is -2.55. The van der Waals surface area contributed by atoms with Gasteiger partial charge >= 0.3 is 0 Å². The van der Waals surface area contributed by atoms with Gasteiger partial charge in [-0.05, 0) is 25.8 Å². The molecule has 2 heterocycles. The van der Waals surface area contributed by atoms with Crippen LogP contribution < -0.4 is 11.1 Å². The van der Waals surface area contributed by atoms with E-state index in [4.69, 9.17) is 15.5 Å². The molecule has 6 nitrogen and oxygen atoms in total. The molecule has 2 saturated heterocycles. The monoisotopic (exact) mass is 511 g/mol. The number of aliphatic imine (C=N–C) groups is 1. The first-order valence-electron chi connectivity index (χ1n) is 10.5. The third-order valence-electron chi connectivity index (χ3n) is 6.07. The van der Waals surface area contributed by atoms with E-state index in [9.17, 15) is 0 Å². The smallest absolute Gasteiger partial charge is 0.188 e. The second-order valence-electron chi connectivity index (χ2n) is 7.82. The van der Waals surface area contributed by atoms with Crippen LogP contribution in [0.5, 0.6) is 0 Å². The van der Waals surface area contributed by atoms with Crippen LogP contribution in [0.3, 0.4) is 0 Å². The molecule has 2 aliphatic heterocycles. The number of nitrogens with one attached hydrogen (secondary N) is 1. The number of nitrogens with two attached hydrogens (primary N) is 1. The highest BCUT2D eigenvalue weighted by Gasteiger charge is 2.38. The number of thioether (sulfide) groups is 1. The predicted octanol–water partition coefficient (Wildman–Crippen LogP) is 1.98. The van der Waals surface area contributed by atoms with Crippen molar-refractivity contribution in [3.63, 3.8) is 0 Å². The van der Waals surface area contributed by atoms with Gasteiger partial charge < -0.3 is 15.8 Å². The number of morpholine rings is 1. The Morgan fingerprint density at radius 2 is 1.78 bits per heavy atom. The molecule has 3 aliphatic rings. The Morgan fingerprint density at radius 1 is 1.07 bits per heavy atom. The SMILES string of the molecule is I.NC(=NCC1(N2CCSCC2)CCCCC1)NCCCN1CCOCC1. The molecular formula is C19H38IN5OS. The van der Waals surface area contributed by atoms with E-state index in [0.29, 0.717) is 5.96 Å². The van der Waals surface area contributed by atoms with Crippen LogP contribution in [0.1, 0.15) is 38.5 Å². The maximum atomic E-state index is 6.18. The van der Waals surface area contributed by atoms with E-state index >= 15 is 0 Å². The Kier molecular flexibility index (Phi) is 11.1. The molecular weight excluding hydrogens is 473 g/mol. The van der Waals surface area contributed by atoms with Crippen molar-refractivity contribution < 1.29 is 4.74 Å². The standard InChI is InChI=1S/C19H37N5OS.HI/c20-18(21-7-4-8-23-9-13-25-14-10-23)22-17-19(5-2-1-3-6-19)24-11-15-26-16-12-24;/h1-17H2,(H3,20,21,22);1H. The van der Waals surface area contributed by atoms with E-state index in [1.165, 1.54) is 56.7 Å². The molecule has 0 atom stereocenters. The number of nitrogens with zero attached hydrogens (tertiary/aromatic N) is 3. The van der Waals surface area contributed by atoms with E-state index in [-0.39, 0.29) is 29.5 Å². The van der Waals surface area contributed by atoms with E-state index in [2.05, 4.69) is 26.9 Å². The lowest BCUT2D eigenvalue weighted by atomic mass is 9.80. The average Bonchev–Trinajstić information content (AvgIpc) is 2.72. The van der Waals surface area contributed by atoms with Gasteiger partial charge in [-0.1, -0.05) is 19.3 Å². The molecule has 1 saturated carbocycles. The molecule has 3 N–H and O–H groups in total. The highest BCUT2D eigenvalue weighted by molar-refractivity contribution is 14.0. The minimum absolute atomic E-state index is 0. The molecule has 158 valence electrons. The quantitative estimate of drug-likeness (QED) is 0.236. The minimum Gasteiger partial charge on any atom is -0.379 e. The van der Waals surface area contributed by atoms with Gasteiger partial charge in [0.15, 0.2) is 5.96 Å². The van der Waals surface area contributed by atoms with Crippen molar-refractivity contribution in [2.45, 2.75) is 44.1 Å². The van der Waals surface area contributed by atoms with Gasteiger partial charge in [0.05, 0.1) is 19.8 Å². The van der Waals surface area contributed by atoms with Crippen LogP contribution in [0.15, 0.2) is 4.99 Å². The van der Waals surface area contributed by atoms with Crippen molar-refractivity contribution in [1.82, 2.24) is 15.1 Å². The first-order chi connectivity index (χ1) is 12.8. The summed E-state index contributed by atoms with van der Waals surface area (Å²) in [5, 5.41) is 3.33. The van der Waals surface area contributed by atoms with Gasteiger partial charge in [0, 0.05) is 49.8 Å². The number of guanidine groups is 1. The van der Waals surface area contributed by atoms with Crippen molar-refractivity contribution in [3.8, 4) is 0 Å². The Hall–Kier alpha value is 0.230. The minimum atomic E-state index is 0. The fourth-order valence-corrected chi connectivity index (χ4v) is 5.36. The topological polar surface area (TPSA) is 66.1 Å². The molecule has 0 aromatic heterocycles. The van der Waals surface area contributed by atoms with Gasteiger partial charge in [-0.25, -0.2) is 0 Å². The Morgan fingerprint density at radius 3 is 2.48 bits per heavy atom. The molecule has 0 spiro atoms. The molecule has 0 radical (unpaired) electrons. The Bertz CT molecular complexity index is 436. The number of rotatable bonds is 7. The van der Waals surface area contributed by atoms with Crippen LogP contribution in [-0.4, -0.2) is 91.8 Å². The summed E-state index contributed by atoms with van der Waals surface area (Å²) in [4.78, 5) is 9.96. The van der Waals surface area contributed by atoms with Crippen LogP contribution in [0.4, 0.5) is 0 Å². The first-order valence-corrected chi connectivity index (χ1v) is 11.6. The van der Waals surface area contributed by atoms with E-state index in [0.717, 1.165) is 52.4 Å². The Balaban J connectivity index is 0.00000261. The van der Waals surface area contributed by atoms with Gasteiger partial charge in [0.1, 0.15) is 0 Å². The predicted molar refractivity (Wildman–Crippen MR) is 126 cm³/mol. The van der Waals surface area contributed by atoms with Crippen LogP contribution >= 0.6 is 35.7 Å². The lowest BCUT2D eigenvalue weighted by molar-refractivity contribution is 0.0376. The van der Waals surface area contributed by atoms with Crippen molar-refractivity contribution >= 4 is 41.7 Å². The summed E-state index contributed by atoms with van der Waals surface area (Å²) in [6.45, 7) is 9.15. The van der Waals surface area contributed by atoms with Crippen molar-refractivity contribution in [2.24, 2.45) is 10.7 Å². The van der Waals surface area contributed by atoms with Gasteiger partial charge in [-0.2, -0.15) is 11.8 Å².